The molecule has 74 valence electrons. The molecule has 0 aliphatic carbocycles. The summed E-state index contributed by atoms with van der Waals surface area (Å²) in [5, 5.41) is 10.6. The van der Waals surface area contributed by atoms with Crippen LogP contribution in [0.4, 0.5) is 0 Å². The van der Waals surface area contributed by atoms with Crippen molar-refractivity contribution in [1.29, 1.82) is 5.26 Å². The van der Waals surface area contributed by atoms with E-state index in [1.807, 2.05) is 42.5 Å². The number of nitriles is 1. The number of rotatable bonds is 2. The first-order chi connectivity index (χ1) is 7.33. The fourth-order valence-corrected chi connectivity index (χ4v) is 1.95. The van der Waals surface area contributed by atoms with Gasteiger partial charge in [0.2, 0.25) is 0 Å². The Hall–Kier alpha value is -1.53. The molecule has 0 unspecified atom stereocenters. The van der Waals surface area contributed by atoms with Crippen LogP contribution in [-0.4, -0.2) is 6.61 Å². The summed E-state index contributed by atoms with van der Waals surface area (Å²) in [7, 11) is 0. The van der Waals surface area contributed by atoms with Crippen molar-refractivity contribution >= 4 is 26.7 Å². The van der Waals surface area contributed by atoms with Gasteiger partial charge in [0.05, 0.1) is 0 Å². The molecule has 2 rings (SSSR count). The largest absolute Gasteiger partial charge is 0.478 e. The molecule has 3 heteroatoms. The zero-order chi connectivity index (χ0) is 10.7. The molecule has 0 N–H and O–H groups in total. The summed E-state index contributed by atoms with van der Waals surface area (Å²) in [5.74, 6) is 0.746. The Balaban J connectivity index is 2.57. The molecule has 0 saturated carbocycles. The lowest BCUT2D eigenvalue weighted by molar-refractivity contribution is 0.372. The predicted octanol–water partition coefficient (Wildman–Crippen LogP) is 3.50. The van der Waals surface area contributed by atoms with Gasteiger partial charge in [0.15, 0.2) is 6.61 Å². The maximum absolute atomic E-state index is 8.47. The smallest absolute Gasteiger partial charge is 0.174 e. The van der Waals surface area contributed by atoms with E-state index in [1.54, 1.807) is 0 Å². The number of hydrogen-bond acceptors (Lipinski definition) is 2. The highest BCUT2D eigenvalue weighted by Gasteiger charge is 2.03. The van der Waals surface area contributed by atoms with Crippen molar-refractivity contribution in [2.24, 2.45) is 0 Å². The number of benzene rings is 2. The summed E-state index contributed by atoms with van der Waals surface area (Å²) >= 11 is 3.48. The molecule has 0 amide bonds. The van der Waals surface area contributed by atoms with E-state index in [0.29, 0.717) is 0 Å². The molecule has 0 aromatic heterocycles. The summed E-state index contributed by atoms with van der Waals surface area (Å²) in [5.41, 5.74) is 0. The lowest BCUT2D eigenvalue weighted by Crippen LogP contribution is -1.94. The molecule has 0 spiro atoms. The van der Waals surface area contributed by atoms with E-state index in [1.165, 1.54) is 0 Å². The Morgan fingerprint density at radius 2 is 1.87 bits per heavy atom. The van der Waals surface area contributed by atoms with Crippen LogP contribution >= 0.6 is 15.9 Å². The summed E-state index contributed by atoms with van der Waals surface area (Å²) < 4.78 is 6.37. The van der Waals surface area contributed by atoms with Crippen LogP contribution < -0.4 is 4.74 Å². The molecule has 0 aliphatic rings. The Bertz CT molecular complexity index is 531. The molecule has 0 fully saturated rings. The lowest BCUT2D eigenvalue weighted by atomic mass is 10.1. The molecule has 0 atom stereocenters. The molecule has 2 aromatic carbocycles. The highest BCUT2D eigenvalue weighted by Crippen LogP contribution is 2.31. The maximum atomic E-state index is 8.47. The SMILES string of the molecule is N#CCOc1ccc(Br)c2ccccc12. The number of halogens is 1. The molecule has 0 bridgehead atoms. The average Bonchev–Trinajstić information content (AvgIpc) is 2.29. The second-order valence-electron chi connectivity index (χ2n) is 3.04. The first-order valence-electron chi connectivity index (χ1n) is 4.50. The summed E-state index contributed by atoms with van der Waals surface area (Å²) in [4.78, 5) is 0. The zero-order valence-electron chi connectivity index (χ0n) is 7.90. The predicted molar refractivity (Wildman–Crippen MR) is 62.8 cm³/mol. The molecule has 15 heavy (non-hydrogen) atoms. The van der Waals surface area contributed by atoms with Gasteiger partial charge in [-0.2, -0.15) is 5.26 Å². The van der Waals surface area contributed by atoms with E-state index in [0.717, 1.165) is 21.0 Å². The third-order valence-electron chi connectivity index (χ3n) is 2.12. The molecule has 0 aliphatic heterocycles. The Morgan fingerprint density at radius 3 is 2.60 bits per heavy atom. The molecule has 2 aromatic rings. The number of hydrogen-bond donors (Lipinski definition) is 0. The van der Waals surface area contributed by atoms with Gasteiger partial charge in [-0.15, -0.1) is 0 Å². The standard InChI is InChI=1S/C12H8BrNO/c13-11-5-6-12(15-8-7-14)10-4-2-1-3-9(10)11/h1-6H,8H2. The van der Waals surface area contributed by atoms with Gasteiger partial charge in [-0.1, -0.05) is 40.2 Å². The minimum Gasteiger partial charge on any atom is -0.478 e. The third kappa shape index (κ3) is 1.95. The van der Waals surface area contributed by atoms with Crippen LogP contribution in [0, 0.1) is 11.3 Å². The summed E-state index contributed by atoms with van der Waals surface area (Å²) in [6.07, 6.45) is 0. The van der Waals surface area contributed by atoms with Gasteiger partial charge in [-0.3, -0.25) is 0 Å². The highest BCUT2D eigenvalue weighted by molar-refractivity contribution is 9.10. The van der Waals surface area contributed by atoms with Gasteiger partial charge in [-0.25, -0.2) is 0 Å². The first-order valence-corrected chi connectivity index (χ1v) is 5.29. The monoisotopic (exact) mass is 261 g/mol. The van der Waals surface area contributed by atoms with E-state index in [2.05, 4.69) is 15.9 Å². The van der Waals surface area contributed by atoms with Gasteiger partial charge >= 0.3 is 0 Å². The van der Waals surface area contributed by atoms with Crippen molar-refractivity contribution < 1.29 is 4.74 Å². The van der Waals surface area contributed by atoms with E-state index in [9.17, 15) is 0 Å². The highest BCUT2D eigenvalue weighted by atomic mass is 79.9. The van der Waals surface area contributed by atoms with E-state index in [4.69, 9.17) is 10.00 Å². The van der Waals surface area contributed by atoms with Crippen LogP contribution in [0.25, 0.3) is 10.8 Å². The first kappa shape index (κ1) is 10.0. The van der Waals surface area contributed by atoms with E-state index in [-0.39, 0.29) is 6.61 Å². The second kappa shape index (κ2) is 4.33. The van der Waals surface area contributed by atoms with Gasteiger partial charge in [0.1, 0.15) is 11.8 Å². The van der Waals surface area contributed by atoms with Crippen molar-refractivity contribution in [2.75, 3.05) is 6.61 Å². The van der Waals surface area contributed by atoms with Crippen molar-refractivity contribution in [3.8, 4) is 11.8 Å². The Kier molecular flexibility index (Phi) is 2.89. The van der Waals surface area contributed by atoms with Crippen molar-refractivity contribution in [2.45, 2.75) is 0 Å². The molecular formula is C12H8BrNO. The van der Waals surface area contributed by atoms with E-state index >= 15 is 0 Å². The van der Waals surface area contributed by atoms with Crippen LogP contribution in [0.3, 0.4) is 0 Å². The zero-order valence-corrected chi connectivity index (χ0v) is 9.49. The molecule has 0 heterocycles. The number of nitrogens with zero attached hydrogens (tertiary/aromatic N) is 1. The maximum Gasteiger partial charge on any atom is 0.174 e. The molecule has 0 saturated heterocycles. The Morgan fingerprint density at radius 1 is 1.13 bits per heavy atom. The van der Waals surface area contributed by atoms with Crippen molar-refractivity contribution in [3.63, 3.8) is 0 Å². The topological polar surface area (TPSA) is 33.0 Å². The van der Waals surface area contributed by atoms with Gasteiger partial charge < -0.3 is 4.74 Å². The van der Waals surface area contributed by atoms with Crippen molar-refractivity contribution in [1.82, 2.24) is 0 Å². The van der Waals surface area contributed by atoms with Crippen LogP contribution in [-0.2, 0) is 0 Å². The quantitative estimate of drug-likeness (QED) is 0.829. The number of ether oxygens (including phenoxy) is 1. The lowest BCUT2D eigenvalue weighted by Gasteiger charge is -2.07. The van der Waals surface area contributed by atoms with E-state index < -0.39 is 0 Å². The fourth-order valence-electron chi connectivity index (χ4n) is 1.47. The molecular weight excluding hydrogens is 254 g/mol. The van der Waals surface area contributed by atoms with Crippen LogP contribution in [0.2, 0.25) is 0 Å². The second-order valence-corrected chi connectivity index (χ2v) is 3.89. The van der Waals surface area contributed by atoms with Gasteiger partial charge in [0, 0.05) is 9.86 Å². The average molecular weight is 262 g/mol. The van der Waals surface area contributed by atoms with Crippen LogP contribution in [0.15, 0.2) is 40.9 Å². The normalized spacial score (nSPS) is 9.87. The third-order valence-corrected chi connectivity index (χ3v) is 2.81. The molecule has 0 radical (unpaired) electrons. The van der Waals surface area contributed by atoms with Gasteiger partial charge in [-0.05, 0) is 17.5 Å². The van der Waals surface area contributed by atoms with Crippen molar-refractivity contribution in [3.05, 3.63) is 40.9 Å². The van der Waals surface area contributed by atoms with Gasteiger partial charge in [0.25, 0.3) is 0 Å². The summed E-state index contributed by atoms with van der Waals surface area (Å²) in [6, 6.07) is 13.7. The fraction of sp³-hybridized carbons (Fsp3) is 0.0833. The Labute approximate surface area is 96.2 Å². The summed E-state index contributed by atoms with van der Waals surface area (Å²) in [6.45, 7) is 0.0750. The minimum atomic E-state index is 0.0750. The van der Waals surface area contributed by atoms with Crippen LogP contribution in [0.5, 0.6) is 5.75 Å². The molecule has 2 nitrogen and oxygen atoms in total. The minimum absolute atomic E-state index is 0.0750. The van der Waals surface area contributed by atoms with Crippen LogP contribution in [0.1, 0.15) is 0 Å². The number of fused-ring (bicyclic) bond motifs is 1.